The average Bonchev–Trinajstić information content (AvgIpc) is 3.13. The third kappa shape index (κ3) is 3.94. The molecule has 4 rings (SSSR count). The molecule has 1 amide bonds. The van der Waals surface area contributed by atoms with Gasteiger partial charge in [-0.3, -0.25) is 10.2 Å². The monoisotopic (exact) mass is 405 g/mol. The largest absolute Gasteiger partial charge is 0.433 e. The molecular weight excluding hydrogens is 385 g/mol. The predicted octanol–water partition coefficient (Wildman–Crippen LogP) is 0.890. The molecule has 0 atom stereocenters. The molecule has 29 heavy (non-hydrogen) atoms. The number of likely N-dealkylation sites (N-methyl/N-ethyl adjacent to an activating group) is 1. The zero-order valence-electron chi connectivity index (χ0n) is 15.7. The number of benzene rings is 1. The Kier molecular flexibility index (Phi) is 4.97. The Morgan fingerprint density at radius 1 is 1.17 bits per heavy atom. The first-order valence-electron chi connectivity index (χ1n) is 9.21. The summed E-state index contributed by atoms with van der Waals surface area (Å²) in [5, 5.41) is 5.57. The summed E-state index contributed by atoms with van der Waals surface area (Å²) in [5.74, 6) is -0.523. The number of quaternary nitrogens is 1. The van der Waals surface area contributed by atoms with Crippen LogP contribution in [0, 0.1) is 0 Å². The second kappa shape index (κ2) is 7.45. The minimum absolute atomic E-state index is 0.000411. The summed E-state index contributed by atoms with van der Waals surface area (Å²) >= 11 is 0. The van der Waals surface area contributed by atoms with Gasteiger partial charge < -0.3 is 4.90 Å². The van der Waals surface area contributed by atoms with Crippen LogP contribution in [0.15, 0.2) is 42.6 Å². The molecule has 3 heterocycles. The van der Waals surface area contributed by atoms with Gasteiger partial charge in [0.05, 0.1) is 45.1 Å². The number of piperazine rings is 1. The van der Waals surface area contributed by atoms with Gasteiger partial charge in [0.25, 0.3) is 5.91 Å². The minimum atomic E-state index is -4.65. The highest BCUT2D eigenvalue weighted by molar-refractivity contribution is 5.99. The number of hydrogen-bond acceptors (Lipinski definition) is 4. The van der Waals surface area contributed by atoms with Gasteiger partial charge in [-0.05, 0) is 6.07 Å². The van der Waals surface area contributed by atoms with Crippen molar-refractivity contribution in [2.75, 3.05) is 33.2 Å². The summed E-state index contributed by atoms with van der Waals surface area (Å²) in [6.07, 6.45) is -3.52. The fourth-order valence-electron chi connectivity index (χ4n) is 3.29. The second-order valence-corrected chi connectivity index (χ2v) is 7.07. The Labute approximate surface area is 164 Å². The summed E-state index contributed by atoms with van der Waals surface area (Å²) in [6.45, 7) is 3.05. The van der Waals surface area contributed by atoms with Gasteiger partial charge >= 0.3 is 6.18 Å². The molecule has 1 aliphatic heterocycles. The molecule has 3 aromatic rings. The fourth-order valence-corrected chi connectivity index (χ4v) is 3.29. The van der Waals surface area contributed by atoms with Crippen LogP contribution in [0.3, 0.4) is 0 Å². The lowest BCUT2D eigenvalue weighted by Crippen LogP contribution is -3.12. The number of rotatable bonds is 3. The number of hydrazine groups is 1. The van der Waals surface area contributed by atoms with Gasteiger partial charge in [-0.25, -0.2) is 14.5 Å². The first-order chi connectivity index (χ1) is 13.8. The molecule has 1 aliphatic rings. The van der Waals surface area contributed by atoms with Gasteiger partial charge in [0, 0.05) is 5.56 Å². The van der Waals surface area contributed by atoms with Gasteiger partial charge in [-0.15, -0.1) is 0 Å². The third-order valence-electron chi connectivity index (χ3n) is 4.95. The highest BCUT2D eigenvalue weighted by Crippen LogP contribution is 2.32. The number of halogens is 3. The van der Waals surface area contributed by atoms with E-state index in [9.17, 15) is 18.0 Å². The van der Waals surface area contributed by atoms with Crippen LogP contribution in [0.5, 0.6) is 0 Å². The van der Waals surface area contributed by atoms with Crippen LogP contribution in [-0.4, -0.2) is 58.7 Å². The lowest BCUT2D eigenvalue weighted by molar-refractivity contribution is -0.884. The average molecular weight is 405 g/mol. The first-order valence-corrected chi connectivity index (χ1v) is 9.21. The normalized spacial score (nSPS) is 16.3. The van der Waals surface area contributed by atoms with Crippen LogP contribution in [0.1, 0.15) is 16.1 Å². The number of amides is 1. The molecule has 0 radical (unpaired) electrons. The maximum atomic E-state index is 13.6. The van der Waals surface area contributed by atoms with Gasteiger partial charge in [-0.1, -0.05) is 30.3 Å². The molecule has 1 fully saturated rings. The summed E-state index contributed by atoms with van der Waals surface area (Å²) < 4.78 is 41.6. The van der Waals surface area contributed by atoms with Crippen LogP contribution in [-0.2, 0) is 6.18 Å². The molecule has 0 unspecified atom stereocenters. The summed E-state index contributed by atoms with van der Waals surface area (Å²) in [7, 11) is 2.07. The number of carbonyl (C=O) groups is 1. The molecule has 1 aromatic carbocycles. The minimum Gasteiger partial charge on any atom is -0.335 e. The smallest absolute Gasteiger partial charge is 0.335 e. The highest BCUT2D eigenvalue weighted by Gasteiger charge is 2.36. The summed E-state index contributed by atoms with van der Waals surface area (Å²) in [4.78, 5) is 18.4. The molecule has 152 valence electrons. The van der Waals surface area contributed by atoms with Crippen molar-refractivity contribution >= 4 is 11.6 Å². The zero-order chi connectivity index (χ0) is 20.6. The van der Waals surface area contributed by atoms with Gasteiger partial charge in [-0.2, -0.15) is 18.3 Å². The van der Waals surface area contributed by atoms with E-state index in [4.69, 9.17) is 0 Å². The van der Waals surface area contributed by atoms with Crippen molar-refractivity contribution in [2.24, 2.45) is 0 Å². The van der Waals surface area contributed by atoms with E-state index in [1.807, 2.05) is 0 Å². The number of nitrogens with zero attached hydrogens (tertiary/aromatic N) is 4. The topological polar surface area (TPSA) is 67.0 Å². The Bertz CT molecular complexity index is 1030. The Balaban J connectivity index is 1.74. The SMILES string of the molecule is C[NH+]1CCN(NC(=O)c2cnn3c(C(F)(F)F)cc(-c4ccccc4)nc23)CC1. The summed E-state index contributed by atoms with van der Waals surface area (Å²) in [5.41, 5.74) is 2.30. The van der Waals surface area contributed by atoms with Gasteiger partial charge in [0.1, 0.15) is 5.56 Å². The van der Waals surface area contributed by atoms with Crippen molar-refractivity contribution in [2.45, 2.75) is 6.18 Å². The molecule has 0 aliphatic carbocycles. The van der Waals surface area contributed by atoms with Gasteiger partial charge in [0.2, 0.25) is 0 Å². The third-order valence-corrected chi connectivity index (χ3v) is 4.95. The van der Waals surface area contributed by atoms with E-state index in [2.05, 4.69) is 22.6 Å². The zero-order valence-corrected chi connectivity index (χ0v) is 15.7. The Morgan fingerprint density at radius 3 is 2.52 bits per heavy atom. The molecular formula is C19H20F3N6O+. The maximum Gasteiger partial charge on any atom is 0.433 e. The standard InChI is InChI=1S/C19H19F3N6O/c1-26-7-9-27(10-8-26)25-18(29)14-12-23-28-16(19(20,21)22)11-15(24-17(14)28)13-5-3-2-4-6-13/h2-6,11-12H,7-10H2,1H3,(H,25,29)/p+1. The summed E-state index contributed by atoms with van der Waals surface area (Å²) in [6, 6.07) is 9.48. The predicted molar refractivity (Wildman–Crippen MR) is 99.1 cm³/mol. The fraction of sp³-hybridized carbons (Fsp3) is 0.316. The number of hydrogen-bond donors (Lipinski definition) is 2. The van der Waals surface area contributed by atoms with Gasteiger partial charge in [0.15, 0.2) is 11.3 Å². The van der Waals surface area contributed by atoms with E-state index in [-0.39, 0.29) is 16.9 Å². The van der Waals surface area contributed by atoms with Crippen molar-refractivity contribution in [3.8, 4) is 11.3 Å². The van der Waals surface area contributed by atoms with Crippen LogP contribution in [0.2, 0.25) is 0 Å². The molecule has 10 heteroatoms. The second-order valence-electron chi connectivity index (χ2n) is 7.07. The van der Waals surface area contributed by atoms with E-state index in [1.165, 1.54) is 4.90 Å². The number of alkyl halides is 3. The van der Waals surface area contributed by atoms with E-state index in [1.54, 1.807) is 35.3 Å². The van der Waals surface area contributed by atoms with Crippen LogP contribution < -0.4 is 10.3 Å². The molecule has 2 aromatic heterocycles. The Hall–Kier alpha value is -2.98. The Morgan fingerprint density at radius 2 is 1.86 bits per heavy atom. The van der Waals surface area contributed by atoms with E-state index >= 15 is 0 Å². The molecule has 7 nitrogen and oxygen atoms in total. The maximum absolute atomic E-state index is 13.6. The van der Waals surface area contributed by atoms with Crippen molar-refractivity contribution in [3.05, 3.63) is 53.9 Å². The number of carbonyl (C=O) groups excluding carboxylic acids is 1. The number of aromatic nitrogens is 3. The van der Waals surface area contributed by atoms with Crippen LogP contribution in [0.4, 0.5) is 13.2 Å². The first kappa shape index (κ1) is 19.3. The molecule has 0 spiro atoms. The van der Waals surface area contributed by atoms with E-state index < -0.39 is 17.8 Å². The molecule has 2 N–H and O–H groups in total. The quantitative estimate of drug-likeness (QED) is 0.679. The van der Waals surface area contributed by atoms with E-state index in [0.29, 0.717) is 23.2 Å². The highest BCUT2D eigenvalue weighted by atomic mass is 19.4. The van der Waals surface area contributed by atoms with Crippen molar-refractivity contribution < 1.29 is 22.9 Å². The number of fused-ring (bicyclic) bond motifs is 1. The molecule has 1 saturated heterocycles. The van der Waals surface area contributed by atoms with Crippen molar-refractivity contribution in [1.29, 1.82) is 0 Å². The lowest BCUT2D eigenvalue weighted by atomic mass is 10.1. The van der Waals surface area contributed by atoms with Crippen molar-refractivity contribution in [1.82, 2.24) is 25.0 Å². The molecule has 0 bridgehead atoms. The van der Waals surface area contributed by atoms with Crippen LogP contribution >= 0.6 is 0 Å². The van der Waals surface area contributed by atoms with Crippen molar-refractivity contribution in [3.63, 3.8) is 0 Å². The number of nitrogens with one attached hydrogen (secondary N) is 2. The lowest BCUT2D eigenvalue weighted by Gasteiger charge is -2.29. The molecule has 0 saturated carbocycles. The van der Waals surface area contributed by atoms with Crippen LogP contribution in [0.25, 0.3) is 16.9 Å². The van der Waals surface area contributed by atoms with E-state index in [0.717, 1.165) is 25.4 Å².